The number of hydrogen-bond donors (Lipinski definition) is 0. The molecule has 12 heavy (non-hydrogen) atoms. The summed E-state index contributed by atoms with van der Waals surface area (Å²) in [6, 6.07) is 2.14. The van der Waals surface area contributed by atoms with E-state index in [1.807, 2.05) is 13.8 Å². The molecule has 0 N–H and O–H groups in total. The topological polar surface area (TPSA) is 19.9 Å². The van der Waals surface area contributed by atoms with Crippen molar-refractivity contribution in [3.05, 3.63) is 33.9 Å². The fourth-order valence-corrected chi connectivity index (χ4v) is 1.52. The van der Waals surface area contributed by atoms with E-state index >= 15 is 0 Å². The summed E-state index contributed by atoms with van der Waals surface area (Å²) in [6.45, 7) is 8.06. The van der Waals surface area contributed by atoms with E-state index in [0.717, 1.165) is 16.7 Å². The van der Waals surface area contributed by atoms with E-state index in [-0.39, 0.29) is 6.61 Å². The predicted octanol–water partition coefficient (Wildman–Crippen LogP) is 2.85. The van der Waals surface area contributed by atoms with E-state index in [4.69, 9.17) is 0 Å². The molecule has 0 amide bonds. The maximum atomic E-state index is 10.9. The van der Waals surface area contributed by atoms with E-state index in [1.54, 1.807) is 0 Å². The van der Waals surface area contributed by atoms with Crippen LogP contribution in [0.1, 0.15) is 27.8 Å². The Morgan fingerprint density at radius 1 is 1.00 bits per heavy atom. The largest absolute Gasteiger partial charge is 0.232 e. The molecule has 0 spiro atoms. The van der Waals surface area contributed by atoms with Crippen LogP contribution in [-0.2, 0) is 11.7 Å². The van der Waals surface area contributed by atoms with Crippen molar-refractivity contribution < 1.29 is 5.11 Å². The monoisotopic (exact) mass is 163 g/mol. The van der Waals surface area contributed by atoms with Gasteiger partial charge in [0.15, 0.2) is 0 Å². The SMILES string of the molecule is Cc1cc(C)c(C)c(C[O])c1C. The molecule has 1 heteroatoms. The molecule has 1 nitrogen and oxygen atoms in total. The summed E-state index contributed by atoms with van der Waals surface area (Å²) in [5.74, 6) is 0. The minimum absolute atomic E-state index is 0.0970. The zero-order valence-corrected chi connectivity index (χ0v) is 8.19. The molecule has 0 unspecified atom stereocenters. The number of benzene rings is 1. The average Bonchev–Trinajstić information content (AvgIpc) is 2.02. The first kappa shape index (κ1) is 9.27. The molecule has 1 rings (SSSR count). The molecule has 1 aromatic rings. The van der Waals surface area contributed by atoms with Crippen molar-refractivity contribution in [1.82, 2.24) is 0 Å². The highest BCUT2D eigenvalue weighted by molar-refractivity contribution is 5.43. The number of aryl methyl sites for hydroxylation is 2. The zero-order valence-electron chi connectivity index (χ0n) is 8.19. The lowest BCUT2D eigenvalue weighted by Gasteiger charge is -2.11. The van der Waals surface area contributed by atoms with E-state index < -0.39 is 0 Å². The van der Waals surface area contributed by atoms with Gasteiger partial charge in [0, 0.05) is 0 Å². The summed E-state index contributed by atoms with van der Waals surface area (Å²) in [5, 5.41) is 10.9. The van der Waals surface area contributed by atoms with Gasteiger partial charge in [-0.05, 0) is 55.5 Å². The molecule has 0 heterocycles. The van der Waals surface area contributed by atoms with Crippen LogP contribution in [0.3, 0.4) is 0 Å². The third kappa shape index (κ3) is 1.37. The minimum Gasteiger partial charge on any atom is -0.232 e. The molecule has 0 aromatic heterocycles. The standard InChI is InChI=1S/C11H15O/c1-7-5-8(2)10(4)11(6-12)9(7)3/h5H,6H2,1-4H3. The van der Waals surface area contributed by atoms with Crippen molar-refractivity contribution in [1.29, 1.82) is 0 Å². The van der Waals surface area contributed by atoms with Crippen LogP contribution >= 0.6 is 0 Å². The Kier molecular flexibility index (Phi) is 2.53. The highest BCUT2D eigenvalue weighted by Crippen LogP contribution is 2.21. The molecule has 0 fully saturated rings. The van der Waals surface area contributed by atoms with Crippen molar-refractivity contribution in [2.24, 2.45) is 0 Å². The summed E-state index contributed by atoms with van der Waals surface area (Å²) in [5.41, 5.74) is 5.75. The highest BCUT2D eigenvalue weighted by Gasteiger charge is 2.06. The Labute approximate surface area is 74.1 Å². The average molecular weight is 163 g/mol. The van der Waals surface area contributed by atoms with Gasteiger partial charge in [-0.15, -0.1) is 0 Å². The second-order valence-electron chi connectivity index (χ2n) is 3.38. The van der Waals surface area contributed by atoms with Crippen LogP contribution < -0.4 is 0 Å². The lowest BCUT2D eigenvalue weighted by Crippen LogP contribution is -1.97. The molecule has 0 atom stereocenters. The third-order valence-electron chi connectivity index (χ3n) is 2.67. The van der Waals surface area contributed by atoms with Gasteiger partial charge in [0.25, 0.3) is 0 Å². The van der Waals surface area contributed by atoms with E-state index in [1.165, 1.54) is 11.1 Å². The van der Waals surface area contributed by atoms with Crippen molar-refractivity contribution in [2.45, 2.75) is 34.3 Å². The number of rotatable bonds is 1. The quantitative estimate of drug-likeness (QED) is 0.606. The minimum atomic E-state index is -0.0970. The highest BCUT2D eigenvalue weighted by atomic mass is 16.3. The summed E-state index contributed by atoms with van der Waals surface area (Å²) in [6.07, 6.45) is 0. The Morgan fingerprint density at radius 3 is 1.75 bits per heavy atom. The second kappa shape index (κ2) is 3.28. The van der Waals surface area contributed by atoms with Gasteiger partial charge in [-0.1, -0.05) is 6.07 Å². The summed E-state index contributed by atoms with van der Waals surface area (Å²) in [4.78, 5) is 0. The number of hydrogen-bond acceptors (Lipinski definition) is 0. The fourth-order valence-electron chi connectivity index (χ4n) is 1.52. The van der Waals surface area contributed by atoms with Crippen LogP contribution in [0.25, 0.3) is 0 Å². The van der Waals surface area contributed by atoms with Gasteiger partial charge in [-0.2, -0.15) is 0 Å². The van der Waals surface area contributed by atoms with Crippen molar-refractivity contribution in [2.75, 3.05) is 0 Å². The Bertz CT molecular complexity index is 274. The molecule has 0 saturated carbocycles. The maximum Gasteiger partial charge on any atom is 0.108 e. The first-order chi connectivity index (χ1) is 5.57. The molecule has 1 aromatic carbocycles. The summed E-state index contributed by atoms with van der Waals surface area (Å²) in [7, 11) is 0. The molecular weight excluding hydrogens is 148 g/mol. The molecule has 0 saturated heterocycles. The van der Waals surface area contributed by atoms with Crippen LogP contribution in [0.4, 0.5) is 0 Å². The molecular formula is C11H15O. The van der Waals surface area contributed by atoms with Gasteiger partial charge < -0.3 is 0 Å². The van der Waals surface area contributed by atoms with Gasteiger partial charge in [0.05, 0.1) is 0 Å². The van der Waals surface area contributed by atoms with Crippen LogP contribution in [0.5, 0.6) is 0 Å². The molecule has 65 valence electrons. The van der Waals surface area contributed by atoms with Crippen molar-refractivity contribution in [3.8, 4) is 0 Å². The van der Waals surface area contributed by atoms with Crippen LogP contribution in [0.15, 0.2) is 6.07 Å². The van der Waals surface area contributed by atoms with Gasteiger partial charge in [-0.3, -0.25) is 0 Å². The Morgan fingerprint density at radius 2 is 1.42 bits per heavy atom. The van der Waals surface area contributed by atoms with E-state index in [0.29, 0.717) is 0 Å². The van der Waals surface area contributed by atoms with Crippen molar-refractivity contribution >= 4 is 0 Å². The Balaban J connectivity index is 3.42. The first-order valence-electron chi connectivity index (χ1n) is 4.22. The van der Waals surface area contributed by atoms with Crippen LogP contribution in [0.2, 0.25) is 0 Å². The maximum absolute atomic E-state index is 10.9. The normalized spacial score (nSPS) is 10.4. The summed E-state index contributed by atoms with van der Waals surface area (Å²) >= 11 is 0. The first-order valence-corrected chi connectivity index (χ1v) is 4.22. The molecule has 1 radical (unpaired) electrons. The Hall–Kier alpha value is -0.820. The molecule has 0 bridgehead atoms. The van der Waals surface area contributed by atoms with E-state index in [2.05, 4.69) is 19.9 Å². The molecule has 0 aliphatic rings. The van der Waals surface area contributed by atoms with E-state index in [9.17, 15) is 5.11 Å². The zero-order chi connectivity index (χ0) is 9.30. The fraction of sp³-hybridized carbons (Fsp3) is 0.455. The molecule has 0 aliphatic heterocycles. The second-order valence-corrected chi connectivity index (χ2v) is 3.38. The lowest BCUT2D eigenvalue weighted by atomic mass is 9.95. The third-order valence-corrected chi connectivity index (χ3v) is 2.67. The lowest BCUT2D eigenvalue weighted by molar-refractivity contribution is 0.176. The van der Waals surface area contributed by atoms with Crippen LogP contribution in [0, 0.1) is 27.7 Å². The molecule has 0 aliphatic carbocycles. The van der Waals surface area contributed by atoms with Gasteiger partial charge >= 0.3 is 0 Å². The van der Waals surface area contributed by atoms with Gasteiger partial charge in [0.1, 0.15) is 6.61 Å². The van der Waals surface area contributed by atoms with Gasteiger partial charge in [-0.25, -0.2) is 5.11 Å². The summed E-state index contributed by atoms with van der Waals surface area (Å²) < 4.78 is 0. The smallest absolute Gasteiger partial charge is 0.108 e. The predicted molar refractivity (Wildman–Crippen MR) is 49.8 cm³/mol. The van der Waals surface area contributed by atoms with Crippen molar-refractivity contribution in [3.63, 3.8) is 0 Å². The van der Waals surface area contributed by atoms with Gasteiger partial charge in [0.2, 0.25) is 0 Å². The van der Waals surface area contributed by atoms with Crippen LogP contribution in [-0.4, -0.2) is 0 Å².